The summed E-state index contributed by atoms with van der Waals surface area (Å²) in [6, 6.07) is 0. The van der Waals surface area contributed by atoms with Crippen molar-refractivity contribution in [2.75, 3.05) is 33.3 Å². The number of ether oxygens (including phenoxy) is 1. The van der Waals surface area contributed by atoms with E-state index in [1.807, 2.05) is 0 Å². The molecule has 4 heteroatoms. The normalized spacial score (nSPS) is 17.5. The van der Waals surface area contributed by atoms with Crippen molar-refractivity contribution in [3.8, 4) is 0 Å². The van der Waals surface area contributed by atoms with Crippen LogP contribution in [-0.2, 0) is 4.74 Å². The zero-order valence-corrected chi connectivity index (χ0v) is 19.2. The van der Waals surface area contributed by atoms with Crippen LogP contribution in [0.1, 0.15) is 90.4 Å². The van der Waals surface area contributed by atoms with Gasteiger partial charge in [-0.05, 0) is 58.5 Å². The first-order chi connectivity index (χ1) is 14.2. The second-order valence-electron chi connectivity index (χ2n) is 8.53. The van der Waals surface area contributed by atoms with Crippen molar-refractivity contribution in [3.05, 3.63) is 24.3 Å². The van der Waals surface area contributed by atoms with E-state index in [9.17, 15) is 4.79 Å². The van der Waals surface area contributed by atoms with E-state index in [0.717, 1.165) is 38.9 Å². The molecule has 0 aromatic carbocycles. The topological polar surface area (TPSA) is 41.6 Å². The van der Waals surface area contributed by atoms with E-state index in [0.29, 0.717) is 12.5 Å². The lowest BCUT2D eigenvalue weighted by molar-refractivity contribution is 0.128. The zero-order chi connectivity index (χ0) is 21.0. The minimum Gasteiger partial charge on any atom is -0.449 e. The average Bonchev–Trinajstić information content (AvgIpc) is 3.14. The Hall–Kier alpha value is -1.29. The highest BCUT2D eigenvalue weighted by molar-refractivity contribution is 5.67. The molecule has 1 N–H and O–H groups in total. The SMILES string of the molecule is CCCCC/C=C\C/C=C\CCCCCCCCNC(=O)OCC1CCN(C)C1. The predicted octanol–water partition coefficient (Wildman–Crippen LogP) is 6.48. The Labute approximate surface area is 180 Å². The molecule has 1 heterocycles. The fraction of sp³-hybridized carbons (Fsp3) is 0.800. The molecule has 0 aromatic heterocycles. The van der Waals surface area contributed by atoms with Gasteiger partial charge in [-0.25, -0.2) is 4.79 Å². The standard InChI is InChI=1S/C25H46N2O2/c1-3-4-5-6-7-8-9-10-11-12-13-14-15-16-17-18-20-26-25(28)29-23-24-19-21-27(2)22-24/h7-8,10-11,24H,3-6,9,12-23H2,1-2H3,(H,26,28)/b8-7-,11-10-. The highest BCUT2D eigenvalue weighted by atomic mass is 16.5. The van der Waals surface area contributed by atoms with Crippen molar-refractivity contribution >= 4 is 6.09 Å². The van der Waals surface area contributed by atoms with Gasteiger partial charge >= 0.3 is 6.09 Å². The van der Waals surface area contributed by atoms with Crippen molar-refractivity contribution in [1.82, 2.24) is 10.2 Å². The Kier molecular flexibility index (Phi) is 16.6. The molecule has 1 rings (SSSR count). The van der Waals surface area contributed by atoms with E-state index >= 15 is 0 Å². The molecule has 1 atom stereocenters. The minimum atomic E-state index is -0.248. The average molecular weight is 407 g/mol. The maximum atomic E-state index is 11.7. The van der Waals surface area contributed by atoms with Crippen LogP contribution in [-0.4, -0.2) is 44.3 Å². The Balaban J connectivity index is 1.78. The van der Waals surface area contributed by atoms with Gasteiger partial charge in [-0.3, -0.25) is 0 Å². The summed E-state index contributed by atoms with van der Waals surface area (Å²) in [5.74, 6) is 0.507. The van der Waals surface area contributed by atoms with Crippen LogP contribution in [0.4, 0.5) is 4.79 Å². The van der Waals surface area contributed by atoms with Gasteiger partial charge in [0.05, 0.1) is 6.61 Å². The molecule has 168 valence electrons. The third kappa shape index (κ3) is 16.2. The lowest BCUT2D eigenvalue weighted by atomic mass is 10.1. The molecule has 1 fully saturated rings. The largest absolute Gasteiger partial charge is 0.449 e. The number of alkyl carbamates (subject to hydrolysis) is 1. The monoisotopic (exact) mass is 406 g/mol. The summed E-state index contributed by atoms with van der Waals surface area (Å²) in [5, 5.41) is 2.88. The number of unbranched alkanes of at least 4 members (excludes halogenated alkanes) is 9. The van der Waals surface area contributed by atoms with Gasteiger partial charge < -0.3 is 15.0 Å². The van der Waals surface area contributed by atoms with Crippen LogP contribution in [0.2, 0.25) is 0 Å². The van der Waals surface area contributed by atoms with E-state index in [4.69, 9.17) is 4.74 Å². The summed E-state index contributed by atoms with van der Waals surface area (Å²) in [6.07, 6.45) is 25.0. The van der Waals surface area contributed by atoms with E-state index in [2.05, 4.69) is 48.5 Å². The number of likely N-dealkylation sites (tertiary alicyclic amines) is 1. The summed E-state index contributed by atoms with van der Waals surface area (Å²) < 4.78 is 5.32. The number of nitrogens with zero attached hydrogens (tertiary/aromatic N) is 1. The molecule has 1 unspecified atom stereocenters. The lowest BCUT2D eigenvalue weighted by Gasteiger charge is -2.11. The van der Waals surface area contributed by atoms with E-state index in [1.54, 1.807) is 0 Å². The van der Waals surface area contributed by atoms with Gasteiger partial charge in [0.2, 0.25) is 0 Å². The molecular weight excluding hydrogens is 360 g/mol. The summed E-state index contributed by atoms with van der Waals surface area (Å²) in [7, 11) is 2.12. The third-order valence-electron chi connectivity index (χ3n) is 5.59. The minimum absolute atomic E-state index is 0.248. The van der Waals surface area contributed by atoms with Gasteiger partial charge in [0.1, 0.15) is 0 Å². The fourth-order valence-corrected chi connectivity index (χ4v) is 3.71. The number of carbonyl (C=O) groups excluding carboxylic acids is 1. The Morgan fingerprint density at radius 1 is 0.966 bits per heavy atom. The molecule has 0 saturated carbocycles. The summed E-state index contributed by atoms with van der Waals surface area (Å²) in [6.45, 7) is 5.69. The van der Waals surface area contributed by atoms with Crippen LogP contribution in [0.15, 0.2) is 24.3 Å². The van der Waals surface area contributed by atoms with Crippen molar-refractivity contribution < 1.29 is 9.53 Å². The quantitative estimate of drug-likeness (QED) is 0.222. The molecule has 1 aliphatic rings. The number of allylic oxidation sites excluding steroid dienone is 4. The van der Waals surface area contributed by atoms with Crippen LogP contribution < -0.4 is 5.32 Å². The number of carbonyl (C=O) groups is 1. The number of rotatable bonds is 17. The number of nitrogens with one attached hydrogen (secondary N) is 1. The van der Waals surface area contributed by atoms with E-state index in [1.165, 1.54) is 64.2 Å². The van der Waals surface area contributed by atoms with Gasteiger partial charge in [-0.1, -0.05) is 69.8 Å². The van der Waals surface area contributed by atoms with Crippen molar-refractivity contribution in [3.63, 3.8) is 0 Å². The number of amides is 1. The second kappa shape index (κ2) is 18.7. The Bertz CT molecular complexity index is 448. The number of hydrogen-bond acceptors (Lipinski definition) is 3. The van der Waals surface area contributed by atoms with Crippen molar-refractivity contribution in [2.45, 2.75) is 90.4 Å². The molecule has 29 heavy (non-hydrogen) atoms. The first-order valence-electron chi connectivity index (χ1n) is 12.1. The first-order valence-corrected chi connectivity index (χ1v) is 12.1. The predicted molar refractivity (Wildman–Crippen MR) is 124 cm³/mol. The Morgan fingerprint density at radius 3 is 2.28 bits per heavy atom. The first kappa shape index (κ1) is 25.7. The van der Waals surface area contributed by atoms with Crippen LogP contribution in [0.25, 0.3) is 0 Å². The molecule has 0 aliphatic carbocycles. The maximum Gasteiger partial charge on any atom is 0.407 e. The molecule has 1 amide bonds. The van der Waals surface area contributed by atoms with Crippen LogP contribution in [0.3, 0.4) is 0 Å². The van der Waals surface area contributed by atoms with Gasteiger partial charge in [0, 0.05) is 19.0 Å². The fourth-order valence-electron chi connectivity index (χ4n) is 3.71. The zero-order valence-electron chi connectivity index (χ0n) is 19.2. The van der Waals surface area contributed by atoms with Gasteiger partial charge in [-0.15, -0.1) is 0 Å². The molecular formula is C25H46N2O2. The summed E-state index contributed by atoms with van der Waals surface area (Å²) in [5.41, 5.74) is 0. The smallest absolute Gasteiger partial charge is 0.407 e. The van der Waals surface area contributed by atoms with Crippen molar-refractivity contribution in [1.29, 1.82) is 0 Å². The highest BCUT2D eigenvalue weighted by Crippen LogP contribution is 2.14. The summed E-state index contributed by atoms with van der Waals surface area (Å²) >= 11 is 0. The van der Waals surface area contributed by atoms with Crippen LogP contribution in [0, 0.1) is 5.92 Å². The van der Waals surface area contributed by atoms with Gasteiger partial charge in [-0.2, -0.15) is 0 Å². The molecule has 1 aliphatic heterocycles. The van der Waals surface area contributed by atoms with E-state index in [-0.39, 0.29) is 6.09 Å². The highest BCUT2D eigenvalue weighted by Gasteiger charge is 2.20. The number of hydrogen-bond donors (Lipinski definition) is 1. The Morgan fingerprint density at radius 2 is 1.62 bits per heavy atom. The van der Waals surface area contributed by atoms with Gasteiger partial charge in [0.15, 0.2) is 0 Å². The molecule has 0 radical (unpaired) electrons. The van der Waals surface area contributed by atoms with Crippen LogP contribution in [0.5, 0.6) is 0 Å². The molecule has 0 aromatic rings. The maximum absolute atomic E-state index is 11.7. The van der Waals surface area contributed by atoms with Gasteiger partial charge in [0.25, 0.3) is 0 Å². The molecule has 0 spiro atoms. The summed E-state index contributed by atoms with van der Waals surface area (Å²) in [4.78, 5) is 14.0. The van der Waals surface area contributed by atoms with Crippen LogP contribution >= 0.6 is 0 Å². The second-order valence-corrected chi connectivity index (χ2v) is 8.53. The molecule has 1 saturated heterocycles. The van der Waals surface area contributed by atoms with Crippen molar-refractivity contribution in [2.24, 2.45) is 5.92 Å². The molecule has 0 bridgehead atoms. The third-order valence-corrected chi connectivity index (χ3v) is 5.59. The van der Waals surface area contributed by atoms with E-state index < -0.39 is 0 Å². The molecule has 4 nitrogen and oxygen atoms in total. The lowest BCUT2D eigenvalue weighted by Crippen LogP contribution is -2.28.